The maximum Gasteiger partial charge on any atom is 0.0446 e. The molecule has 1 unspecified atom stereocenters. The van der Waals surface area contributed by atoms with Gasteiger partial charge in [-0.3, -0.25) is 0 Å². The Labute approximate surface area is 129 Å². The lowest BCUT2D eigenvalue weighted by Crippen LogP contribution is -2.41. The molecule has 0 aromatic heterocycles. The standard InChI is InChI=1S/C19H28N2/c1-4-14-20-17(5-2)15-21(6-3)19-13-9-11-16-10-7-8-12-18(16)19/h7-13,17,20H,4-6,14-15H2,1-3H3. The van der Waals surface area contributed by atoms with Gasteiger partial charge in [0.2, 0.25) is 0 Å². The number of nitrogens with one attached hydrogen (secondary N) is 1. The van der Waals surface area contributed by atoms with E-state index in [1.54, 1.807) is 0 Å². The van der Waals surface area contributed by atoms with E-state index in [4.69, 9.17) is 0 Å². The molecule has 0 spiro atoms. The third-order valence-corrected chi connectivity index (χ3v) is 4.11. The van der Waals surface area contributed by atoms with Crippen LogP contribution in [-0.4, -0.2) is 25.7 Å². The number of likely N-dealkylation sites (N-methyl/N-ethyl adjacent to an activating group) is 1. The first-order chi connectivity index (χ1) is 10.3. The van der Waals surface area contributed by atoms with E-state index in [-0.39, 0.29) is 0 Å². The van der Waals surface area contributed by atoms with Crippen LogP contribution in [0.1, 0.15) is 33.6 Å². The molecule has 0 amide bonds. The second-order valence-electron chi connectivity index (χ2n) is 5.60. The van der Waals surface area contributed by atoms with Crippen molar-refractivity contribution >= 4 is 16.5 Å². The summed E-state index contributed by atoms with van der Waals surface area (Å²) in [6, 6.07) is 15.8. The Morgan fingerprint density at radius 3 is 2.48 bits per heavy atom. The first-order valence-electron chi connectivity index (χ1n) is 8.26. The summed E-state index contributed by atoms with van der Waals surface area (Å²) in [5.41, 5.74) is 1.35. The van der Waals surface area contributed by atoms with Crippen molar-refractivity contribution < 1.29 is 0 Å². The molecule has 0 saturated carbocycles. The normalized spacial score (nSPS) is 12.5. The molecule has 2 aromatic rings. The van der Waals surface area contributed by atoms with Gasteiger partial charge < -0.3 is 10.2 Å². The average molecular weight is 284 g/mol. The fourth-order valence-corrected chi connectivity index (χ4v) is 2.83. The largest absolute Gasteiger partial charge is 0.370 e. The molecule has 0 aliphatic carbocycles. The number of hydrogen-bond acceptors (Lipinski definition) is 2. The van der Waals surface area contributed by atoms with Crippen LogP contribution in [0.2, 0.25) is 0 Å². The zero-order chi connectivity index (χ0) is 15.1. The van der Waals surface area contributed by atoms with Crippen LogP contribution in [0.25, 0.3) is 10.8 Å². The molecule has 0 aliphatic rings. The Balaban J connectivity index is 2.22. The van der Waals surface area contributed by atoms with Crippen molar-refractivity contribution in [3.8, 4) is 0 Å². The summed E-state index contributed by atoms with van der Waals surface area (Å²) in [5, 5.41) is 6.34. The molecular weight excluding hydrogens is 256 g/mol. The summed E-state index contributed by atoms with van der Waals surface area (Å²) < 4.78 is 0. The van der Waals surface area contributed by atoms with Crippen LogP contribution in [0.15, 0.2) is 42.5 Å². The molecule has 0 aliphatic heterocycles. The second-order valence-corrected chi connectivity index (χ2v) is 5.60. The van der Waals surface area contributed by atoms with Gasteiger partial charge in [0, 0.05) is 30.2 Å². The van der Waals surface area contributed by atoms with Gasteiger partial charge in [-0.05, 0) is 37.8 Å². The molecule has 0 radical (unpaired) electrons. The molecule has 1 atom stereocenters. The summed E-state index contributed by atoms with van der Waals surface area (Å²) in [7, 11) is 0. The molecule has 2 nitrogen and oxygen atoms in total. The SMILES string of the molecule is CCCNC(CC)CN(CC)c1cccc2ccccc12. The van der Waals surface area contributed by atoms with Crippen LogP contribution < -0.4 is 10.2 Å². The first kappa shape index (κ1) is 15.8. The van der Waals surface area contributed by atoms with Crippen molar-refractivity contribution in [1.82, 2.24) is 5.32 Å². The van der Waals surface area contributed by atoms with Crippen LogP contribution in [0, 0.1) is 0 Å². The zero-order valence-corrected chi connectivity index (χ0v) is 13.6. The molecule has 114 valence electrons. The van der Waals surface area contributed by atoms with Crippen molar-refractivity contribution in [2.45, 2.75) is 39.7 Å². The van der Waals surface area contributed by atoms with Crippen molar-refractivity contribution in [2.75, 3.05) is 24.5 Å². The van der Waals surface area contributed by atoms with Crippen LogP contribution in [-0.2, 0) is 0 Å². The van der Waals surface area contributed by atoms with Crippen LogP contribution in [0.4, 0.5) is 5.69 Å². The third-order valence-electron chi connectivity index (χ3n) is 4.11. The quantitative estimate of drug-likeness (QED) is 0.770. The maximum atomic E-state index is 3.66. The lowest BCUT2D eigenvalue weighted by atomic mass is 10.1. The molecule has 1 N–H and O–H groups in total. The smallest absolute Gasteiger partial charge is 0.0446 e. The number of nitrogens with zero attached hydrogens (tertiary/aromatic N) is 1. The number of fused-ring (bicyclic) bond motifs is 1. The van der Waals surface area contributed by atoms with Gasteiger partial charge in [0.05, 0.1) is 0 Å². The van der Waals surface area contributed by atoms with E-state index < -0.39 is 0 Å². The molecule has 21 heavy (non-hydrogen) atoms. The molecule has 2 aromatic carbocycles. The molecule has 2 heteroatoms. The minimum absolute atomic E-state index is 0.559. The predicted octanol–water partition coefficient (Wildman–Crippen LogP) is 4.44. The highest BCUT2D eigenvalue weighted by Gasteiger charge is 2.13. The van der Waals surface area contributed by atoms with E-state index in [0.717, 1.165) is 19.6 Å². The lowest BCUT2D eigenvalue weighted by Gasteiger charge is -2.29. The topological polar surface area (TPSA) is 15.3 Å². The van der Waals surface area contributed by atoms with E-state index in [0.29, 0.717) is 6.04 Å². The van der Waals surface area contributed by atoms with Gasteiger partial charge >= 0.3 is 0 Å². The molecule has 0 fully saturated rings. The molecule has 0 saturated heterocycles. The molecule has 0 bridgehead atoms. The average Bonchev–Trinajstić information content (AvgIpc) is 2.55. The van der Waals surface area contributed by atoms with Gasteiger partial charge in [-0.2, -0.15) is 0 Å². The highest BCUT2D eigenvalue weighted by molar-refractivity contribution is 5.94. The minimum Gasteiger partial charge on any atom is -0.370 e. The summed E-state index contributed by atoms with van der Waals surface area (Å²) in [6.45, 7) is 9.95. The van der Waals surface area contributed by atoms with Gasteiger partial charge in [-0.1, -0.05) is 50.2 Å². The summed E-state index contributed by atoms with van der Waals surface area (Å²) in [6.07, 6.45) is 2.36. The van der Waals surface area contributed by atoms with Gasteiger partial charge in [0.1, 0.15) is 0 Å². The van der Waals surface area contributed by atoms with Gasteiger partial charge in [-0.15, -0.1) is 0 Å². The van der Waals surface area contributed by atoms with E-state index in [2.05, 4.69) is 73.5 Å². The van der Waals surface area contributed by atoms with E-state index in [9.17, 15) is 0 Å². The Hall–Kier alpha value is -1.54. The third kappa shape index (κ3) is 3.98. The van der Waals surface area contributed by atoms with Gasteiger partial charge in [-0.25, -0.2) is 0 Å². The van der Waals surface area contributed by atoms with Crippen LogP contribution >= 0.6 is 0 Å². The number of hydrogen-bond donors (Lipinski definition) is 1. The summed E-state index contributed by atoms with van der Waals surface area (Å²) >= 11 is 0. The van der Waals surface area contributed by atoms with E-state index in [1.165, 1.54) is 29.3 Å². The number of anilines is 1. The minimum atomic E-state index is 0.559. The highest BCUT2D eigenvalue weighted by atomic mass is 15.1. The molecular formula is C19H28N2. The summed E-state index contributed by atoms with van der Waals surface area (Å²) in [4.78, 5) is 2.50. The van der Waals surface area contributed by atoms with Crippen molar-refractivity contribution in [3.63, 3.8) is 0 Å². The molecule has 2 rings (SSSR count). The fourth-order valence-electron chi connectivity index (χ4n) is 2.83. The Morgan fingerprint density at radius 2 is 1.76 bits per heavy atom. The Kier molecular flexibility index (Phi) is 6.06. The monoisotopic (exact) mass is 284 g/mol. The van der Waals surface area contributed by atoms with Crippen molar-refractivity contribution in [3.05, 3.63) is 42.5 Å². The zero-order valence-electron chi connectivity index (χ0n) is 13.6. The van der Waals surface area contributed by atoms with Crippen LogP contribution in [0.5, 0.6) is 0 Å². The van der Waals surface area contributed by atoms with Gasteiger partial charge in [0.25, 0.3) is 0 Å². The lowest BCUT2D eigenvalue weighted by molar-refractivity contribution is 0.491. The predicted molar refractivity (Wildman–Crippen MR) is 94.2 cm³/mol. The maximum absolute atomic E-state index is 3.66. The van der Waals surface area contributed by atoms with Gasteiger partial charge in [0.15, 0.2) is 0 Å². The Morgan fingerprint density at radius 1 is 1.00 bits per heavy atom. The number of benzene rings is 2. The van der Waals surface area contributed by atoms with Crippen molar-refractivity contribution in [2.24, 2.45) is 0 Å². The number of rotatable bonds is 8. The van der Waals surface area contributed by atoms with Crippen molar-refractivity contribution in [1.29, 1.82) is 0 Å². The molecule has 0 heterocycles. The van der Waals surface area contributed by atoms with E-state index in [1.807, 2.05) is 0 Å². The second kappa shape index (κ2) is 8.04. The first-order valence-corrected chi connectivity index (χ1v) is 8.26. The van der Waals surface area contributed by atoms with E-state index >= 15 is 0 Å². The highest BCUT2D eigenvalue weighted by Crippen LogP contribution is 2.26. The summed E-state index contributed by atoms with van der Waals surface area (Å²) in [5.74, 6) is 0. The fraction of sp³-hybridized carbons (Fsp3) is 0.474. The Bertz CT molecular complexity index is 545. The van der Waals surface area contributed by atoms with Crippen LogP contribution in [0.3, 0.4) is 0 Å².